The van der Waals surface area contributed by atoms with E-state index in [4.69, 9.17) is 9.52 Å². The van der Waals surface area contributed by atoms with Crippen molar-refractivity contribution in [3.63, 3.8) is 0 Å². The fourth-order valence-electron chi connectivity index (χ4n) is 1.69. The summed E-state index contributed by atoms with van der Waals surface area (Å²) in [5.41, 5.74) is -0.604. The minimum atomic E-state index is -1.20. The number of aliphatic carboxylic acids is 1. The summed E-state index contributed by atoms with van der Waals surface area (Å²) < 4.78 is 6.37. The van der Waals surface area contributed by atoms with Gasteiger partial charge >= 0.3 is 5.97 Å². The molecule has 112 valence electrons. The summed E-state index contributed by atoms with van der Waals surface area (Å²) in [6.07, 6.45) is 4.60. The molecular weight excluding hydrogens is 276 g/mol. The standard InChI is InChI=1S/C13H16N4O4/c1-4-9-10(14-7-21-9)11(18)16-8-5-15-17(6-8)13(2,3)12(19)20/h5-7H,4H2,1-3H3,(H,16,18)(H,19,20). The number of amides is 1. The van der Waals surface area contributed by atoms with Crippen LogP contribution < -0.4 is 5.32 Å². The van der Waals surface area contributed by atoms with Crippen LogP contribution in [0.15, 0.2) is 23.2 Å². The topological polar surface area (TPSA) is 110 Å². The molecule has 0 unspecified atom stereocenters. The number of oxazole rings is 1. The van der Waals surface area contributed by atoms with Gasteiger partial charge < -0.3 is 14.8 Å². The quantitative estimate of drug-likeness (QED) is 0.864. The van der Waals surface area contributed by atoms with Gasteiger partial charge in [-0.25, -0.2) is 9.78 Å². The molecule has 2 aromatic rings. The van der Waals surface area contributed by atoms with Gasteiger partial charge in [-0.1, -0.05) is 6.92 Å². The molecule has 0 aliphatic rings. The number of nitrogens with zero attached hydrogens (tertiary/aromatic N) is 3. The number of carboxylic acid groups (broad SMARTS) is 1. The van der Waals surface area contributed by atoms with Crippen LogP contribution in [0.3, 0.4) is 0 Å². The molecule has 2 N–H and O–H groups in total. The Morgan fingerprint density at radius 1 is 1.48 bits per heavy atom. The van der Waals surface area contributed by atoms with Crippen molar-refractivity contribution < 1.29 is 19.1 Å². The molecule has 1 amide bonds. The molecule has 2 aromatic heterocycles. The zero-order chi connectivity index (χ0) is 15.6. The molecular formula is C13H16N4O4. The molecule has 8 heteroatoms. The van der Waals surface area contributed by atoms with Gasteiger partial charge in [-0.05, 0) is 13.8 Å². The van der Waals surface area contributed by atoms with Crippen LogP contribution in [0.4, 0.5) is 5.69 Å². The maximum atomic E-state index is 12.1. The molecule has 0 spiro atoms. The number of anilines is 1. The average Bonchev–Trinajstić information content (AvgIpc) is 3.06. The van der Waals surface area contributed by atoms with E-state index in [1.54, 1.807) is 0 Å². The summed E-state index contributed by atoms with van der Waals surface area (Å²) in [6.45, 7) is 4.88. The van der Waals surface area contributed by atoms with Crippen LogP contribution >= 0.6 is 0 Å². The van der Waals surface area contributed by atoms with Gasteiger partial charge in [0.25, 0.3) is 5.91 Å². The maximum Gasteiger partial charge on any atom is 0.331 e. The molecule has 0 bridgehead atoms. The fraction of sp³-hybridized carbons (Fsp3) is 0.385. The molecule has 2 rings (SSSR count). The molecule has 8 nitrogen and oxygen atoms in total. The molecule has 2 heterocycles. The van der Waals surface area contributed by atoms with E-state index in [1.807, 2.05) is 6.92 Å². The van der Waals surface area contributed by atoms with E-state index in [1.165, 1.54) is 37.3 Å². The number of carboxylic acids is 1. The molecule has 0 saturated heterocycles. The molecule has 0 saturated carbocycles. The maximum absolute atomic E-state index is 12.1. The third-order valence-corrected chi connectivity index (χ3v) is 3.11. The van der Waals surface area contributed by atoms with Crippen molar-refractivity contribution in [1.82, 2.24) is 14.8 Å². The Balaban J connectivity index is 2.17. The first kappa shape index (κ1) is 14.8. The van der Waals surface area contributed by atoms with Crippen LogP contribution in [0.1, 0.15) is 37.0 Å². The van der Waals surface area contributed by atoms with E-state index >= 15 is 0 Å². The summed E-state index contributed by atoms with van der Waals surface area (Å²) in [5, 5.41) is 15.7. The third kappa shape index (κ3) is 2.78. The molecule has 0 atom stereocenters. The predicted molar refractivity (Wildman–Crippen MR) is 73.0 cm³/mol. The normalized spacial score (nSPS) is 11.4. The van der Waals surface area contributed by atoms with Crippen LogP contribution in [0.25, 0.3) is 0 Å². The molecule has 0 aliphatic heterocycles. The van der Waals surface area contributed by atoms with Crippen LogP contribution in [0.2, 0.25) is 0 Å². The van der Waals surface area contributed by atoms with Gasteiger partial charge in [0.05, 0.1) is 11.9 Å². The number of carbonyl (C=O) groups excluding carboxylic acids is 1. The second-order valence-electron chi connectivity index (χ2n) is 4.97. The summed E-state index contributed by atoms with van der Waals surface area (Å²) in [5.74, 6) is -0.952. The van der Waals surface area contributed by atoms with Crippen LogP contribution in [-0.2, 0) is 16.8 Å². The highest BCUT2D eigenvalue weighted by atomic mass is 16.4. The van der Waals surface area contributed by atoms with E-state index in [0.717, 1.165) is 0 Å². The lowest BCUT2D eigenvalue weighted by Gasteiger charge is -2.19. The van der Waals surface area contributed by atoms with Crippen molar-refractivity contribution >= 4 is 17.6 Å². The summed E-state index contributed by atoms with van der Waals surface area (Å²) >= 11 is 0. The first-order chi connectivity index (χ1) is 9.86. The summed E-state index contributed by atoms with van der Waals surface area (Å²) in [4.78, 5) is 27.1. The van der Waals surface area contributed by atoms with Gasteiger partial charge in [0.1, 0.15) is 5.76 Å². The predicted octanol–water partition coefficient (Wildman–Crippen LogP) is 1.51. The van der Waals surface area contributed by atoms with Crippen LogP contribution in [0, 0.1) is 0 Å². The van der Waals surface area contributed by atoms with Gasteiger partial charge in [-0.15, -0.1) is 0 Å². The number of carbonyl (C=O) groups is 2. The van der Waals surface area contributed by atoms with Gasteiger partial charge in [0.2, 0.25) is 0 Å². The Kier molecular flexibility index (Phi) is 3.79. The molecule has 0 aromatic carbocycles. The number of hydrogen-bond donors (Lipinski definition) is 2. The molecule has 21 heavy (non-hydrogen) atoms. The largest absolute Gasteiger partial charge is 0.479 e. The van der Waals surface area contributed by atoms with E-state index in [9.17, 15) is 9.59 Å². The van der Waals surface area contributed by atoms with Crippen LogP contribution in [-0.4, -0.2) is 31.7 Å². The highest BCUT2D eigenvalue weighted by Gasteiger charge is 2.30. The van der Waals surface area contributed by atoms with Crippen molar-refractivity contribution in [2.24, 2.45) is 0 Å². The number of hydrogen-bond acceptors (Lipinski definition) is 5. The van der Waals surface area contributed by atoms with Crippen molar-refractivity contribution in [1.29, 1.82) is 0 Å². The second-order valence-corrected chi connectivity index (χ2v) is 4.97. The first-order valence-corrected chi connectivity index (χ1v) is 6.38. The zero-order valence-corrected chi connectivity index (χ0v) is 12.0. The zero-order valence-electron chi connectivity index (χ0n) is 12.0. The molecule has 0 fully saturated rings. The van der Waals surface area contributed by atoms with E-state index in [-0.39, 0.29) is 5.69 Å². The highest BCUT2D eigenvalue weighted by Crippen LogP contribution is 2.18. The minimum Gasteiger partial charge on any atom is -0.479 e. The Morgan fingerprint density at radius 2 is 2.19 bits per heavy atom. The summed E-state index contributed by atoms with van der Waals surface area (Å²) in [7, 11) is 0. The van der Waals surface area contributed by atoms with E-state index in [0.29, 0.717) is 17.9 Å². The lowest BCUT2D eigenvalue weighted by Crippen LogP contribution is -2.35. The number of nitrogens with one attached hydrogen (secondary N) is 1. The Bertz CT molecular complexity index is 671. The smallest absolute Gasteiger partial charge is 0.331 e. The monoisotopic (exact) mass is 292 g/mol. The lowest BCUT2D eigenvalue weighted by atomic mass is 10.1. The van der Waals surface area contributed by atoms with Crippen molar-refractivity contribution in [2.75, 3.05) is 5.32 Å². The SMILES string of the molecule is CCc1ocnc1C(=O)Nc1cnn(C(C)(C)C(=O)O)c1. The van der Waals surface area contributed by atoms with Crippen molar-refractivity contribution in [2.45, 2.75) is 32.7 Å². The van der Waals surface area contributed by atoms with Gasteiger partial charge in [-0.3, -0.25) is 9.48 Å². The summed E-state index contributed by atoms with van der Waals surface area (Å²) in [6, 6.07) is 0. The number of rotatable bonds is 5. The minimum absolute atomic E-state index is 0.211. The second kappa shape index (κ2) is 5.39. The van der Waals surface area contributed by atoms with Crippen molar-refractivity contribution in [3.05, 3.63) is 30.2 Å². The molecule has 0 aliphatic carbocycles. The van der Waals surface area contributed by atoms with Crippen molar-refractivity contribution in [3.8, 4) is 0 Å². The first-order valence-electron chi connectivity index (χ1n) is 6.38. The number of aryl methyl sites for hydroxylation is 1. The highest BCUT2D eigenvalue weighted by molar-refractivity contribution is 6.03. The third-order valence-electron chi connectivity index (χ3n) is 3.11. The van der Waals surface area contributed by atoms with Gasteiger partial charge in [0.15, 0.2) is 17.6 Å². The van der Waals surface area contributed by atoms with E-state index in [2.05, 4.69) is 15.4 Å². The average molecular weight is 292 g/mol. The van der Waals surface area contributed by atoms with Crippen LogP contribution in [0.5, 0.6) is 0 Å². The van der Waals surface area contributed by atoms with E-state index < -0.39 is 17.4 Å². The van der Waals surface area contributed by atoms with Gasteiger partial charge in [-0.2, -0.15) is 5.10 Å². The van der Waals surface area contributed by atoms with Gasteiger partial charge in [0, 0.05) is 12.6 Å². The Morgan fingerprint density at radius 3 is 2.81 bits per heavy atom. The molecule has 0 radical (unpaired) electrons. The Labute approximate surface area is 120 Å². The number of aromatic nitrogens is 3. The lowest BCUT2D eigenvalue weighted by molar-refractivity contribution is -0.146. The fourth-order valence-corrected chi connectivity index (χ4v) is 1.69. The Hall–Kier alpha value is -2.64.